The highest BCUT2D eigenvalue weighted by Gasteiger charge is 2.16. The molecule has 1 aliphatic heterocycles. The summed E-state index contributed by atoms with van der Waals surface area (Å²) < 4.78 is 0. The van der Waals surface area contributed by atoms with Gasteiger partial charge in [0.1, 0.15) is 0 Å². The molecule has 1 unspecified atom stereocenters. The van der Waals surface area contributed by atoms with Crippen molar-refractivity contribution in [2.24, 2.45) is 0 Å². The van der Waals surface area contributed by atoms with Gasteiger partial charge in [0.05, 0.1) is 11.8 Å². The monoisotopic (exact) mass is 324 g/mol. The Balaban J connectivity index is 1.75. The Kier molecular flexibility index (Phi) is 6.93. The van der Waals surface area contributed by atoms with Crippen LogP contribution in [0.3, 0.4) is 0 Å². The summed E-state index contributed by atoms with van der Waals surface area (Å²) >= 11 is 3.52. The van der Waals surface area contributed by atoms with Crippen molar-refractivity contribution in [1.29, 1.82) is 0 Å². The van der Waals surface area contributed by atoms with Gasteiger partial charge in [0, 0.05) is 10.1 Å². The van der Waals surface area contributed by atoms with E-state index >= 15 is 0 Å². The van der Waals surface area contributed by atoms with Crippen LogP contribution in [0.4, 0.5) is 0 Å². The standard InChI is InChI=1S/C16H24N2OS2/c1-12(13-3-5-14(20-2)6-4-13)18-16(19)11-21-15-7-9-17-10-8-15/h3-6,12,15,17H,7-11H2,1-2H3,(H,18,19). The summed E-state index contributed by atoms with van der Waals surface area (Å²) in [5.74, 6) is 0.706. The summed E-state index contributed by atoms with van der Waals surface area (Å²) in [5.41, 5.74) is 1.16. The average Bonchev–Trinajstić information content (AvgIpc) is 2.54. The molecule has 1 atom stereocenters. The Hall–Kier alpha value is -0.650. The van der Waals surface area contributed by atoms with Crippen LogP contribution in [0, 0.1) is 0 Å². The fraction of sp³-hybridized carbons (Fsp3) is 0.562. The molecule has 1 fully saturated rings. The minimum absolute atomic E-state index is 0.0713. The van der Waals surface area contributed by atoms with Gasteiger partial charge < -0.3 is 10.6 Å². The van der Waals surface area contributed by atoms with Crippen LogP contribution < -0.4 is 10.6 Å². The van der Waals surface area contributed by atoms with Crippen LogP contribution in [0.2, 0.25) is 0 Å². The number of carbonyl (C=O) groups excluding carboxylic acids is 1. The molecule has 0 bridgehead atoms. The number of thioether (sulfide) groups is 2. The van der Waals surface area contributed by atoms with Gasteiger partial charge in [0.15, 0.2) is 0 Å². The summed E-state index contributed by atoms with van der Waals surface area (Å²) in [6, 6.07) is 8.47. The smallest absolute Gasteiger partial charge is 0.230 e. The second kappa shape index (κ2) is 8.71. The first-order valence-electron chi connectivity index (χ1n) is 7.44. The molecule has 1 aromatic rings. The first-order valence-corrected chi connectivity index (χ1v) is 9.72. The lowest BCUT2D eigenvalue weighted by molar-refractivity contribution is -0.119. The molecule has 1 heterocycles. The molecule has 1 amide bonds. The molecule has 1 aromatic carbocycles. The highest BCUT2D eigenvalue weighted by Crippen LogP contribution is 2.21. The van der Waals surface area contributed by atoms with Gasteiger partial charge in [-0.1, -0.05) is 12.1 Å². The summed E-state index contributed by atoms with van der Waals surface area (Å²) in [4.78, 5) is 13.3. The van der Waals surface area contributed by atoms with Gasteiger partial charge in [-0.05, 0) is 56.8 Å². The number of hydrogen-bond donors (Lipinski definition) is 2. The normalized spacial score (nSPS) is 17.4. The number of amides is 1. The van der Waals surface area contributed by atoms with Gasteiger partial charge in [0.2, 0.25) is 5.91 Å². The maximum absolute atomic E-state index is 12.0. The van der Waals surface area contributed by atoms with E-state index in [-0.39, 0.29) is 11.9 Å². The van der Waals surface area contributed by atoms with Crippen molar-refractivity contribution >= 4 is 29.4 Å². The van der Waals surface area contributed by atoms with E-state index in [1.807, 2.05) is 6.92 Å². The first-order chi connectivity index (χ1) is 10.2. The summed E-state index contributed by atoms with van der Waals surface area (Å²) in [6.45, 7) is 4.20. The Morgan fingerprint density at radius 1 is 1.33 bits per heavy atom. The second-order valence-corrected chi connectivity index (χ2v) is 7.49. The Morgan fingerprint density at radius 3 is 2.62 bits per heavy atom. The van der Waals surface area contributed by atoms with Crippen molar-refractivity contribution in [3.8, 4) is 0 Å². The molecule has 0 saturated carbocycles. The van der Waals surface area contributed by atoms with Gasteiger partial charge in [-0.3, -0.25) is 4.79 Å². The van der Waals surface area contributed by atoms with Crippen LogP contribution in [0.5, 0.6) is 0 Å². The molecule has 0 aliphatic carbocycles. The summed E-state index contributed by atoms with van der Waals surface area (Å²) in [5, 5.41) is 7.07. The van der Waals surface area contributed by atoms with Gasteiger partial charge in [-0.25, -0.2) is 0 Å². The molecule has 2 N–H and O–H groups in total. The van der Waals surface area contributed by atoms with Crippen molar-refractivity contribution in [2.45, 2.75) is 36.0 Å². The predicted octanol–water partition coefficient (Wildman–Crippen LogP) is 3.07. The SMILES string of the molecule is CSc1ccc(C(C)NC(=O)CSC2CCNCC2)cc1. The molecule has 0 aromatic heterocycles. The van der Waals surface area contributed by atoms with Crippen LogP contribution in [-0.4, -0.2) is 36.3 Å². The molecular weight excluding hydrogens is 300 g/mol. The first kappa shape index (κ1) is 16.7. The number of benzene rings is 1. The highest BCUT2D eigenvalue weighted by molar-refractivity contribution is 8.00. The molecular formula is C16H24N2OS2. The van der Waals surface area contributed by atoms with Gasteiger partial charge in [-0.2, -0.15) is 0 Å². The van der Waals surface area contributed by atoms with Crippen LogP contribution in [0.1, 0.15) is 31.4 Å². The number of rotatable bonds is 6. The van der Waals surface area contributed by atoms with Crippen LogP contribution in [0.25, 0.3) is 0 Å². The van der Waals surface area contributed by atoms with Gasteiger partial charge in [0.25, 0.3) is 0 Å². The molecule has 116 valence electrons. The molecule has 0 spiro atoms. The molecule has 21 heavy (non-hydrogen) atoms. The van der Waals surface area contributed by atoms with Crippen molar-refractivity contribution in [3.63, 3.8) is 0 Å². The van der Waals surface area contributed by atoms with E-state index in [4.69, 9.17) is 0 Å². The number of carbonyl (C=O) groups is 1. The topological polar surface area (TPSA) is 41.1 Å². The third-order valence-corrected chi connectivity index (χ3v) is 5.84. The largest absolute Gasteiger partial charge is 0.349 e. The summed E-state index contributed by atoms with van der Waals surface area (Å²) in [6.07, 6.45) is 4.41. The minimum Gasteiger partial charge on any atom is -0.349 e. The average molecular weight is 325 g/mol. The Labute approximate surface area is 136 Å². The van der Waals surface area contributed by atoms with Crippen molar-refractivity contribution in [3.05, 3.63) is 29.8 Å². The van der Waals surface area contributed by atoms with E-state index in [0.29, 0.717) is 11.0 Å². The predicted molar refractivity (Wildman–Crippen MR) is 93.1 cm³/mol. The van der Waals surface area contributed by atoms with Crippen LogP contribution in [0.15, 0.2) is 29.2 Å². The van der Waals surface area contributed by atoms with E-state index < -0.39 is 0 Å². The zero-order chi connectivity index (χ0) is 15.1. The summed E-state index contributed by atoms with van der Waals surface area (Å²) in [7, 11) is 0. The Bertz CT molecular complexity index is 444. The lowest BCUT2D eigenvalue weighted by Gasteiger charge is -2.22. The van der Waals surface area contributed by atoms with Crippen molar-refractivity contribution < 1.29 is 4.79 Å². The molecule has 3 nitrogen and oxygen atoms in total. The third kappa shape index (κ3) is 5.57. The number of hydrogen-bond acceptors (Lipinski definition) is 4. The Morgan fingerprint density at radius 2 is 2.00 bits per heavy atom. The maximum Gasteiger partial charge on any atom is 0.230 e. The van der Waals surface area contributed by atoms with Crippen LogP contribution >= 0.6 is 23.5 Å². The fourth-order valence-corrected chi connectivity index (χ4v) is 3.86. The van der Waals surface area contributed by atoms with Gasteiger partial charge >= 0.3 is 0 Å². The van der Waals surface area contributed by atoms with E-state index in [0.717, 1.165) is 18.7 Å². The van der Waals surface area contributed by atoms with Crippen molar-refractivity contribution in [2.75, 3.05) is 25.1 Å². The molecule has 5 heteroatoms. The second-order valence-electron chi connectivity index (χ2n) is 5.32. The van der Waals surface area contributed by atoms with E-state index in [2.05, 4.69) is 41.2 Å². The van der Waals surface area contributed by atoms with Crippen LogP contribution in [-0.2, 0) is 4.79 Å². The number of nitrogens with one attached hydrogen (secondary N) is 2. The zero-order valence-corrected chi connectivity index (χ0v) is 14.4. The fourth-order valence-electron chi connectivity index (χ4n) is 2.41. The molecule has 0 radical (unpaired) electrons. The highest BCUT2D eigenvalue weighted by atomic mass is 32.2. The molecule has 1 aliphatic rings. The minimum atomic E-state index is 0.0713. The number of piperidine rings is 1. The lowest BCUT2D eigenvalue weighted by Crippen LogP contribution is -2.32. The third-order valence-electron chi connectivity index (χ3n) is 3.73. The van der Waals surface area contributed by atoms with E-state index in [9.17, 15) is 4.79 Å². The van der Waals surface area contributed by atoms with E-state index in [1.54, 1.807) is 23.5 Å². The maximum atomic E-state index is 12.0. The molecule has 1 saturated heterocycles. The van der Waals surface area contributed by atoms with Crippen molar-refractivity contribution in [1.82, 2.24) is 10.6 Å². The lowest BCUT2D eigenvalue weighted by atomic mass is 10.1. The van der Waals surface area contributed by atoms with E-state index in [1.165, 1.54) is 17.7 Å². The zero-order valence-electron chi connectivity index (χ0n) is 12.7. The molecule has 2 rings (SSSR count). The quantitative estimate of drug-likeness (QED) is 0.789. The van der Waals surface area contributed by atoms with Gasteiger partial charge in [-0.15, -0.1) is 23.5 Å².